The minimum absolute atomic E-state index is 0.220. The minimum atomic E-state index is 0.220. The molecule has 3 aromatic rings. The lowest BCUT2D eigenvalue weighted by Crippen LogP contribution is -2.43. The second-order valence-corrected chi connectivity index (χ2v) is 7.66. The summed E-state index contributed by atoms with van der Waals surface area (Å²) in [6.07, 6.45) is 5.46. The first kappa shape index (κ1) is 19.4. The molecule has 0 radical (unpaired) electrons. The van der Waals surface area contributed by atoms with Crippen molar-refractivity contribution in [2.45, 2.75) is 51.5 Å². The Hall–Kier alpha value is -2.88. The molecule has 150 valence electrons. The molecule has 0 aliphatic carbocycles. The van der Waals surface area contributed by atoms with Crippen LogP contribution in [-0.4, -0.2) is 28.4 Å². The summed E-state index contributed by atoms with van der Waals surface area (Å²) in [4.78, 5) is 19.7. The Morgan fingerprint density at radius 3 is 2.41 bits per heavy atom. The summed E-state index contributed by atoms with van der Waals surface area (Å²) >= 11 is 0. The highest BCUT2D eigenvalue weighted by Crippen LogP contribution is 2.33. The molecule has 0 bridgehead atoms. The molecule has 29 heavy (non-hydrogen) atoms. The first-order valence-corrected chi connectivity index (χ1v) is 10.7. The van der Waals surface area contributed by atoms with Crippen LogP contribution in [0.25, 0.3) is 22.6 Å². The topological polar surface area (TPSA) is 46.3 Å². The molecule has 1 aromatic heterocycles. The summed E-state index contributed by atoms with van der Waals surface area (Å²) in [5.41, 5.74) is 2.86. The number of aromatic nitrogens is 1. The first-order chi connectivity index (χ1) is 14.3. The van der Waals surface area contributed by atoms with E-state index in [4.69, 9.17) is 9.40 Å². The van der Waals surface area contributed by atoms with Crippen LogP contribution in [0.15, 0.2) is 65.1 Å². The van der Waals surface area contributed by atoms with Gasteiger partial charge in [0.25, 0.3) is 0 Å². The van der Waals surface area contributed by atoms with Crippen molar-refractivity contribution in [1.29, 1.82) is 0 Å². The number of amides is 1. The fourth-order valence-corrected chi connectivity index (χ4v) is 4.16. The van der Waals surface area contributed by atoms with E-state index < -0.39 is 0 Å². The number of hydrogen-bond acceptors (Lipinski definition) is 3. The van der Waals surface area contributed by atoms with Gasteiger partial charge in [-0.15, -0.1) is 0 Å². The first-order valence-electron chi connectivity index (χ1n) is 10.7. The van der Waals surface area contributed by atoms with E-state index >= 15 is 0 Å². The van der Waals surface area contributed by atoms with Crippen LogP contribution in [0.5, 0.6) is 0 Å². The lowest BCUT2D eigenvalue weighted by atomic mass is 9.99. The normalized spacial score (nSPS) is 16.7. The Kier molecular flexibility index (Phi) is 6.09. The number of rotatable bonds is 6. The van der Waals surface area contributed by atoms with E-state index in [1.54, 1.807) is 0 Å². The molecule has 1 atom stereocenters. The summed E-state index contributed by atoms with van der Waals surface area (Å²) in [5, 5.41) is 0. The molecule has 0 spiro atoms. The zero-order valence-electron chi connectivity index (χ0n) is 17.0. The molecule has 1 saturated heterocycles. The van der Waals surface area contributed by atoms with E-state index in [9.17, 15) is 4.79 Å². The lowest BCUT2D eigenvalue weighted by molar-refractivity contribution is -0.135. The van der Waals surface area contributed by atoms with E-state index in [1.807, 2.05) is 60.7 Å². The minimum Gasteiger partial charge on any atom is -0.440 e. The molecule has 2 heterocycles. The average molecular weight is 389 g/mol. The highest BCUT2D eigenvalue weighted by Gasteiger charge is 2.25. The molecule has 2 aromatic carbocycles. The maximum atomic E-state index is 12.8. The number of nitrogens with zero attached hydrogens (tertiary/aromatic N) is 2. The van der Waals surface area contributed by atoms with Gasteiger partial charge in [-0.05, 0) is 25.7 Å². The van der Waals surface area contributed by atoms with Crippen molar-refractivity contribution in [3.63, 3.8) is 0 Å². The SMILES string of the molecule is CCC1CCCCN1C(=O)CCc1nc(-c2ccccc2)c(-c2ccccc2)o1. The van der Waals surface area contributed by atoms with Gasteiger partial charge in [0.2, 0.25) is 5.91 Å². The number of carbonyl (C=O) groups excluding carboxylic acids is 1. The molecule has 0 N–H and O–H groups in total. The van der Waals surface area contributed by atoms with Gasteiger partial charge in [-0.1, -0.05) is 67.6 Å². The third-order valence-corrected chi connectivity index (χ3v) is 5.73. The van der Waals surface area contributed by atoms with E-state index in [0.717, 1.165) is 48.4 Å². The van der Waals surface area contributed by atoms with Crippen LogP contribution >= 0.6 is 0 Å². The third-order valence-electron chi connectivity index (χ3n) is 5.73. The predicted octanol–water partition coefficient (Wildman–Crippen LogP) is 5.73. The van der Waals surface area contributed by atoms with E-state index in [2.05, 4.69) is 11.8 Å². The number of hydrogen-bond donors (Lipinski definition) is 0. The maximum Gasteiger partial charge on any atom is 0.223 e. The summed E-state index contributed by atoms with van der Waals surface area (Å²) in [7, 11) is 0. The monoisotopic (exact) mass is 388 g/mol. The van der Waals surface area contributed by atoms with Crippen molar-refractivity contribution in [2.75, 3.05) is 6.54 Å². The molecule has 1 aliphatic rings. The van der Waals surface area contributed by atoms with Crippen molar-refractivity contribution >= 4 is 5.91 Å². The van der Waals surface area contributed by atoms with Crippen molar-refractivity contribution in [1.82, 2.24) is 9.88 Å². The molecule has 4 rings (SSSR count). The summed E-state index contributed by atoms with van der Waals surface area (Å²) in [6.45, 7) is 3.05. The van der Waals surface area contributed by atoms with Crippen molar-refractivity contribution in [3.8, 4) is 22.6 Å². The number of benzene rings is 2. The number of oxazole rings is 1. The smallest absolute Gasteiger partial charge is 0.223 e. The zero-order chi connectivity index (χ0) is 20.1. The van der Waals surface area contributed by atoms with Crippen molar-refractivity contribution in [2.24, 2.45) is 0 Å². The Bertz CT molecular complexity index is 877. The fraction of sp³-hybridized carbons (Fsp3) is 0.360. The standard InChI is InChI=1S/C25H28N2O2/c1-2-21-15-9-10-18-27(21)23(28)17-16-22-26-24(19-11-5-3-6-12-19)25(29-22)20-13-7-4-8-14-20/h3-8,11-14,21H,2,9-10,15-18H2,1H3. The second-order valence-electron chi connectivity index (χ2n) is 7.66. The van der Waals surface area contributed by atoms with Gasteiger partial charge in [-0.2, -0.15) is 0 Å². The molecule has 1 unspecified atom stereocenters. The van der Waals surface area contributed by atoms with Gasteiger partial charge in [0, 0.05) is 36.6 Å². The maximum absolute atomic E-state index is 12.8. The van der Waals surface area contributed by atoms with Crippen LogP contribution in [0.4, 0.5) is 0 Å². The van der Waals surface area contributed by atoms with E-state index in [-0.39, 0.29) is 5.91 Å². The van der Waals surface area contributed by atoms with Gasteiger partial charge < -0.3 is 9.32 Å². The van der Waals surface area contributed by atoms with E-state index in [1.165, 1.54) is 6.42 Å². The van der Waals surface area contributed by atoms with Crippen LogP contribution in [0.2, 0.25) is 0 Å². The summed E-state index contributed by atoms with van der Waals surface area (Å²) < 4.78 is 6.16. The van der Waals surface area contributed by atoms with Crippen molar-refractivity contribution < 1.29 is 9.21 Å². The molecular formula is C25H28N2O2. The number of likely N-dealkylation sites (tertiary alicyclic amines) is 1. The van der Waals surface area contributed by atoms with Gasteiger partial charge in [-0.3, -0.25) is 4.79 Å². The molecule has 4 nitrogen and oxygen atoms in total. The van der Waals surface area contributed by atoms with Crippen LogP contribution in [0, 0.1) is 0 Å². The molecule has 1 fully saturated rings. The molecule has 1 aliphatic heterocycles. The number of piperidine rings is 1. The van der Waals surface area contributed by atoms with E-state index in [0.29, 0.717) is 24.8 Å². The second kappa shape index (κ2) is 9.08. The van der Waals surface area contributed by atoms with Gasteiger partial charge >= 0.3 is 0 Å². The zero-order valence-corrected chi connectivity index (χ0v) is 17.0. The summed E-state index contributed by atoms with van der Waals surface area (Å²) in [6, 6.07) is 20.5. The van der Waals surface area contributed by atoms with Gasteiger partial charge in [0.1, 0.15) is 5.69 Å². The fourth-order valence-electron chi connectivity index (χ4n) is 4.16. The molecular weight excluding hydrogens is 360 g/mol. The Balaban J connectivity index is 1.55. The Morgan fingerprint density at radius 1 is 1.03 bits per heavy atom. The Morgan fingerprint density at radius 2 is 1.72 bits per heavy atom. The molecule has 0 saturated carbocycles. The highest BCUT2D eigenvalue weighted by molar-refractivity contribution is 5.78. The van der Waals surface area contributed by atoms with Gasteiger partial charge in [0.05, 0.1) is 0 Å². The van der Waals surface area contributed by atoms with Crippen molar-refractivity contribution in [3.05, 3.63) is 66.6 Å². The molecule has 4 heteroatoms. The van der Waals surface area contributed by atoms with Crippen LogP contribution in [-0.2, 0) is 11.2 Å². The lowest BCUT2D eigenvalue weighted by Gasteiger charge is -2.35. The molecule has 1 amide bonds. The average Bonchev–Trinajstić information content (AvgIpc) is 3.23. The third kappa shape index (κ3) is 4.42. The Labute approximate surface area is 172 Å². The van der Waals surface area contributed by atoms with Crippen LogP contribution in [0.1, 0.15) is 44.9 Å². The van der Waals surface area contributed by atoms with Crippen LogP contribution in [0.3, 0.4) is 0 Å². The predicted molar refractivity (Wildman–Crippen MR) is 115 cm³/mol. The van der Waals surface area contributed by atoms with Gasteiger partial charge in [0.15, 0.2) is 11.7 Å². The quantitative estimate of drug-likeness (QED) is 0.541. The largest absolute Gasteiger partial charge is 0.440 e. The van der Waals surface area contributed by atoms with Gasteiger partial charge in [-0.25, -0.2) is 4.98 Å². The number of carbonyl (C=O) groups is 1. The van der Waals surface area contributed by atoms with Crippen LogP contribution < -0.4 is 0 Å². The number of aryl methyl sites for hydroxylation is 1. The highest BCUT2D eigenvalue weighted by atomic mass is 16.4. The summed E-state index contributed by atoms with van der Waals surface area (Å²) in [5.74, 6) is 1.61.